The predicted molar refractivity (Wildman–Crippen MR) is 121 cm³/mol. The number of piperidine rings is 2. The molecule has 2 aliphatic heterocycles. The summed E-state index contributed by atoms with van der Waals surface area (Å²) in [6.45, 7) is 2.47. The van der Waals surface area contributed by atoms with Gasteiger partial charge in [-0.25, -0.2) is 0 Å². The minimum atomic E-state index is -0.111. The van der Waals surface area contributed by atoms with Crippen molar-refractivity contribution in [3.63, 3.8) is 0 Å². The van der Waals surface area contributed by atoms with E-state index in [1.807, 2.05) is 0 Å². The van der Waals surface area contributed by atoms with E-state index in [4.69, 9.17) is 0 Å². The molecule has 1 nitrogen and oxygen atoms in total. The molecule has 3 fully saturated rings. The maximum Gasteiger partial charge on any atom is 0.0463 e. The molecule has 0 amide bonds. The lowest BCUT2D eigenvalue weighted by molar-refractivity contribution is 0.0454. The summed E-state index contributed by atoms with van der Waals surface area (Å²) in [6, 6.07) is 34.3. The van der Waals surface area contributed by atoms with Crippen LogP contribution in [0.2, 0.25) is 0 Å². The Bertz CT molecular complexity index is 798. The maximum absolute atomic E-state index is 2.81. The number of fused-ring (bicyclic) bond motifs is 3. The van der Waals surface area contributed by atoms with E-state index in [0.29, 0.717) is 0 Å². The van der Waals surface area contributed by atoms with Crippen molar-refractivity contribution in [1.29, 1.82) is 0 Å². The number of nitrogens with zero attached hydrogens (tertiary/aromatic N) is 1. The minimum absolute atomic E-state index is 0.111. The highest BCUT2D eigenvalue weighted by Crippen LogP contribution is 2.43. The summed E-state index contributed by atoms with van der Waals surface area (Å²) in [4.78, 5) is 2.81. The number of rotatable bonds is 6. The Balaban J connectivity index is 1.58. The van der Waals surface area contributed by atoms with Gasteiger partial charge in [-0.2, -0.15) is 0 Å². The molecule has 1 heteroatoms. The van der Waals surface area contributed by atoms with Crippen molar-refractivity contribution < 1.29 is 0 Å². The van der Waals surface area contributed by atoms with Gasteiger partial charge in [-0.05, 0) is 61.3 Å². The SMILES string of the molecule is c1ccc(C(CCN2CC3CCC2CC3)(c2ccccc2)c2ccccc2)cc1. The molecule has 0 aromatic heterocycles. The van der Waals surface area contributed by atoms with Crippen molar-refractivity contribution in [1.82, 2.24) is 4.90 Å². The fraction of sp³-hybridized carbons (Fsp3) is 0.357. The van der Waals surface area contributed by atoms with E-state index in [1.165, 1.54) is 55.5 Å². The Hall–Kier alpha value is -2.38. The van der Waals surface area contributed by atoms with Crippen LogP contribution in [0.15, 0.2) is 91.0 Å². The molecule has 148 valence electrons. The van der Waals surface area contributed by atoms with Crippen LogP contribution in [0.3, 0.4) is 0 Å². The lowest BCUT2D eigenvalue weighted by atomic mass is 9.67. The smallest absolute Gasteiger partial charge is 0.0463 e. The highest BCUT2D eigenvalue weighted by Gasteiger charge is 2.39. The van der Waals surface area contributed by atoms with Gasteiger partial charge in [0.25, 0.3) is 0 Å². The summed E-state index contributed by atoms with van der Waals surface area (Å²) in [7, 11) is 0. The predicted octanol–water partition coefficient (Wildman–Crippen LogP) is 6.29. The summed E-state index contributed by atoms with van der Waals surface area (Å²) >= 11 is 0. The van der Waals surface area contributed by atoms with Crippen molar-refractivity contribution in [3.05, 3.63) is 108 Å². The van der Waals surface area contributed by atoms with Gasteiger partial charge in [0, 0.05) is 18.0 Å². The zero-order valence-electron chi connectivity index (χ0n) is 17.2. The third-order valence-electron chi connectivity index (χ3n) is 7.40. The molecule has 0 radical (unpaired) electrons. The first-order valence-corrected chi connectivity index (χ1v) is 11.3. The summed E-state index contributed by atoms with van der Waals surface area (Å²) in [6.07, 6.45) is 6.82. The Morgan fingerprint density at radius 1 is 0.621 bits per heavy atom. The van der Waals surface area contributed by atoms with Gasteiger partial charge >= 0.3 is 0 Å². The van der Waals surface area contributed by atoms with Crippen molar-refractivity contribution in [2.24, 2.45) is 5.92 Å². The molecule has 0 atom stereocenters. The fourth-order valence-electron chi connectivity index (χ4n) is 5.86. The second-order valence-electron chi connectivity index (χ2n) is 8.92. The van der Waals surface area contributed by atoms with Gasteiger partial charge in [-0.15, -0.1) is 0 Å². The number of benzene rings is 3. The van der Waals surface area contributed by atoms with Crippen molar-refractivity contribution in [2.75, 3.05) is 13.1 Å². The van der Waals surface area contributed by atoms with Gasteiger partial charge in [-0.3, -0.25) is 0 Å². The van der Waals surface area contributed by atoms with E-state index in [1.54, 1.807) is 0 Å². The fourth-order valence-corrected chi connectivity index (χ4v) is 5.86. The van der Waals surface area contributed by atoms with Crippen LogP contribution in [0.5, 0.6) is 0 Å². The van der Waals surface area contributed by atoms with Crippen LogP contribution >= 0.6 is 0 Å². The van der Waals surface area contributed by atoms with Crippen LogP contribution in [-0.2, 0) is 5.41 Å². The molecule has 0 N–H and O–H groups in total. The zero-order chi connectivity index (χ0) is 19.5. The summed E-state index contributed by atoms with van der Waals surface area (Å²) in [5.74, 6) is 0.930. The van der Waals surface area contributed by atoms with Crippen molar-refractivity contribution in [3.8, 4) is 0 Å². The molecular weight excluding hydrogens is 350 g/mol. The van der Waals surface area contributed by atoms with Crippen LogP contribution in [0, 0.1) is 5.92 Å². The molecule has 0 spiro atoms. The summed E-state index contributed by atoms with van der Waals surface area (Å²) < 4.78 is 0. The normalized spacial score (nSPS) is 21.9. The largest absolute Gasteiger partial charge is 0.300 e. The second-order valence-corrected chi connectivity index (χ2v) is 8.92. The highest BCUT2D eigenvalue weighted by atomic mass is 15.2. The van der Waals surface area contributed by atoms with E-state index >= 15 is 0 Å². The quantitative estimate of drug-likeness (QED) is 0.454. The monoisotopic (exact) mass is 381 g/mol. The second kappa shape index (κ2) is 8.16. The van der Waals surface area contributed by atoms with E-state index in [-0.39, 0.29) is 5.41 Å². The standard InChI is InChI=1S/C28H31N/c1-4-10-24(11-5-1)28(25-12-6-2-7-13-25,26-14-8-3-9-15-26)20-21-29-22-23-16-18-27(29)19-17-23/h1-15,23,27H,16-22H2. The van der Waals surface area contributed by atoms with Crippen LogP contribution in [0.4, 0.5) is 0 Å². The lowest BCUT2D eigenvalue weighted by Crippen LogP contribution is -2.49. The average Bonchev–Trinajstić information content (AvgIpc) is 2.82. The zero-order valence-corrected chi connectivity index (χ0v) is 17.2. The lowest BCUT2D eigenvalue weighted by Gasteiger charge is -2.47. The first-order valence-electron chi connectivity index (χ1n) is 11.3. The van der Waals surface area contributed by atoms with E-state index in [0.717, 1.165) is 18.4 Å². The van der Waals surface area contributed by atoms with Gasteiger partial charge in [-0.1, -0.05) is 91.0 Å². The van der Waals surface area contributed by atoms with Crippen LogP contribution in [-0.4, -0.2) is 24.0 Å². The van der Waals surface area contributed by atoms with Gasteiger partial charge in [0.1, 0.15) is 0 Å². The van der Waals surface area contributed by atoms with E-state index in [9.17, 15) is 0 Å². The van der Waals surface area contributed by atoms with Gasteiger partial charge < -0.3 is 4.90 Å². The first-order chi connectivity index (χ1) is 14.4. The molecule has 6 rings (SSSR count). The summed E-state index contributed by atoms with van der Waals surface area (Å²) in [5.41, 5.74) is 4.10. The van der Waals surface area contributed by atoms with Crippen LogP contribution in [0.1, 0.15) is 48.8 Å². The van der Waals surface area contributed by atoms with Gasteiger partial charge in [0.05, 0.1) is 0 Å². The third-order valence-corrected chi connectivity index (χ3v) is 7.40. The molecule has 0 unspecified atom stereocenters. The Morgan fingerprint density at radius 2 is 1.07 bits per heavy atom. The molecule has 2 heterocycles. The molecule has 3 aromatic carbocycles. The molecule has 2 bridgehead atoms. The van der Waals surface area contributed by atoms with E-state index in [2.05, 4.69) is 95.9 Å². The molecular formula is C28H31N. The highest BCUT2D eigenvalue weighted by molar-refractivity contribution is 5.50. The molecule has 29 heavy (non-hydrogen) atoms. The first kappa shape index (κ1) is 18.6. The van der Waals surface area contributed by atoms with Crippen LogP contribution < -0.4 is 0 Å². The van der Waals surface area contributed by atoms with Crippen molar-refractivity contribution >= 4 is 0 Å². The molecule has 3 aromatic rings. The number of hydrogen-bond acceptors (Lipinski definition) is 1. The minimum Gasteiger partial charge on any atom is -0.300 e. The number of hydrogen-bond donors (Lipinski definition) is 0. The molecule has 2 saturated heterocycles. The Labute approximate surface area is 175 Å². The topological polar surface area (TPSA) is 3.24 Å². The summed E-state index contributed by atoms with van der Waals surface area (Å²) in [5, 5.41) is 0. The Kier molecular flexibility index (Phi) is 5.24. The van der Waals surface area contributed by atoms with E-state index < -0.39 is 0 Å². The van der Waals surface area contributed by atoms with Gasteiger partial charge in [0.2, 0.25) is 0 Å². The molecule has 1 saturated carbocycles. The molecule has 1 aliphatic carbocycles. The maximum atomic E-state index is 2.81. The average molecular weight is 382 g/mol. The third kappa shape index (κ3) is 3.53. The van der Waals surface area contributed by atoms with Crippen molar-refractivity contribution in [2.45, 2.75) is 43.6 Å². The van der Waals surface area contributed by atoms with Gasteiger partial charge in [0.15, 0.2) is 0 Å². The van der Waals surface area contributed by atoms with Crippen LogP contribution in [0.25, 0.3) is 0 Å². The Morgan fingerprint density at radius 3 is 1.45 bits per heavy atom. The molecule has 3 aliphatic rings.